The number of likely N-dealkylation sites (N-methyl/N-ethyl adjacent to an activating group) is 1. The fourth-order valence-electron chi connectivity index (χ4n) is 7.14. The third-order valence-corrected chi connectivity index (χ3v) is 15.5. The Hall–Kier alpha value is -3.54. The van der Waals surface area contributed by atoms with Crippen LogP contribution in [-0.4, -0.2) is 93.6 Å². The molecule has 4 N–H and O–H groups in total. The van der Waals surface area contributed by atoms with Crippen molar-refractivity contribution in [2.75, 3.05) is 20.1 Å². The molecule has 1 aromatic heterocycles. The summed E-state index contributed by atoms with van der Waals surface area (Å²) in [4.78, 5) is 57.0. The Morgan fingerprint density at radius 3 is 2.08 bits per heavy atom. The van der Waals surface area contributed by atoms with E-state index < -0.39 is 78.3 Å². The zero-order valence-corrected chi connectivity index (χ0v) is 34.2. The van der Waals surface area contributed by atoms with E-state index in [-0.39, 0.29) is 52.3 Å². The maximum absolute atomic E-state index is 14.5. The Balaban J connectivity index is 1.31. The van der Waals surface area contributed by atoms with Crippen molar-refractivity contribution in [1.29, 1.82) is 0 Å². The standard InChI is InChI=1S/C36H52N6O8S3/c1-33(2,3)24(21-41(9)53(49,50)25-16-13-19-51-25)37-32(46)38-28(34(4,5)6)30(44)42-20-23-26(35(23,7)8)27(42)29(43)39-36(17-18-36)31(45)40-52(47,48)22-14-11-10-12-15-22/h10-16,19,23-24,26-28H,17-18,20-21H2,1-9H3,(H,39,43)(H,40,45)(H2,37,38,46)/t23?,24-,26+,27?,28-/m1/s1. The van der Waals surface area contributed by atoms with E-state index in [2.05, 4.69) is 20.7 Å². The molecule has 2 saturated carbocycles. The molecule has 2 heterocycles. The molecule has 3 fully saturated rings. The molecule has 0 spiro atoms. The first-order valence-electron chi connectivity index (χ1n) is 17.6. The molecule has 14 nitrogen and oxygen atoms in total. The van der Waals surface area contributed by atoms with E-state index in [0.717, 1.165) is 11.3 Å². The number of amides is 5. The van der Waals surface area contributed by atoms with Gasteiger partial charge in [0.15, 0.2) is 0 Å². The quantitative estimate of drug-likeness (QED) is 0.252. The number of carbonyl (C=O) groups excluding carboxylic acids is 4. The highest BCUT2D eigenvalue weighted by Gasteiger charge is 2.70. The van der Waals surface area contributed by atoms with Crippen molar-refractivity contribution in [2.24, 2.45) is 28.1 Å². The number of urea groups is 1. The third-order valence-electron chi connectivity index (χ3n) is 10.9. The third kappa shape index (κ3) is 8.27. The van der Waals surface area contributed by atoms with Gasteiger partial charge in [-0.2, -0.15) is 4.31 Å². The summed E-state index contributed by atoms with van der Waals surface area (Å²) in [5, 5.41) is 10.2. The smallest absolute Gasteiger partial charge is 0.315 e. The molecule has 1 saturated heterocycles. The minimum absolute atomic E-state index is 0.00480. The molecule has 5 amide bonds. The highest BCUT2D eigenvalue weighted by atomic mass is 32.2. The summed E-state index contributed by atoms with van der Waals surface area (Å²) in [5.74, 6) is -2.07. The molecule has 2 aliphatic carbocycles. The Kier molecular flexibility index (Phi) is 10.7. The summed E-state index contributed by atoms with van der Waals surface area (Å²) in [5.41, 5.74) is -3.07. The van der Waals surface area contributed by atoms with Gasteiger partial charge >= 0.3 is 6.03 Å². The monoisotopic (exact) mass is 792 g/mol. The van der Waals surface area contributed by atoms with Gasteiger partial charge in [0.1, 0.15) is 21.8 Å². The van der Waals surface area contributed by atoms with E-state index in [0.29, 0.717) is 0 Å². The van der Waals surface area contributed by atoms with Crippen molar-refractivity contribution in [3.8, 4) is 0 Å². The van der Waals surface area contributed by atoms with E-state index in [1.165, 1.54) is 46.6 Å². The first-order chi connectivity index (χ1) is 24.3. The number of carbonyl (C=O) groups is 4. The van der Waals surface area contributed by atoms with Crippen LogP contribution in [0, 0.1) is 28.1 Å². The van der Waals surface area contributed by atoms with E-state index in [1.807, 2.05) is 34.6 Å². The number of likely N-dealkylation sites (tertiary alicyclic amines) is 1. The number of nitrogens with zero attached hydrogens (tertiary/aromatic N) is 2. The summed E-state index contributed by atoms with van der Waals surface area (Å²) >= 11 is 1.10. The Morgan fingerprint density at radius 2 is 1.55 bits per heavy atom. The summed E-state index contributed by atoms with van der Waals surface area (Å²) < 4.78 is 55.6. The topological polar surface area (TPSA) is 191 Å². The fourth-order valence-corrected chi connectivity index (χ4v) is 10.6. The maximum Gasteiger partial charge on any atom is 0.315 e. The molecular formula is C36H52N6O8S3. The number of sulfonamides is 2. The molecule has 17 heteroatoms. The summed E-state index contributed by atoms with van der Waals surface area (Å²) in [7, 11) is -6.51. The molecule has 1 aliphatic heterocycles. The lowest BCUT2D eigenvalue weighted by Gasteiger charge is -2.39. The minimum Gasteiger partial charge on any atom is -0.340 e. The molecule has 1 aromatic carbocycles. The molecular weight excluding hydrogens is 741 g/mol. The fraction of sp³-hybridized carbons (Fsp3) is 0.611. The minimum atomic E-state index is -4.18. The second kappa shape index (κ2) is 13.9. The van der Waals surface area contributed by atoms with Crippen LogP contribution in [0.4, 0.5) is 4.79 Å². The number of fused-ring (bicyclic) bond motifs is 1. The predicted octanol–water partition coefficient (Wildman–Crippen LogP) is 3.13. The number of hydrogen-bond donors (Lipinski definition) is 4. The van der Waals surface area contributed by atoms with Crippen LogP contribution in [0.2, 0.25) is 0 Å². The van der Waals surface area contributed by atoms with E-state index in [4.69, 9.17) is 0 Å². The van der Waals surface area contributed by atoms with Crippen LogP contribution in [0.1, 0.15) is 68.2 Å². The van der Waals surface area contributed by atoms with Gasteiger partial charge in [-0.1, -0.05) is 79.7 Å². The van der Waals surface area contributed by atoms with Crippen LogP contribution in [0.3, 0.4) is 0 Å². The van der Waals surface area contributed by atoms with Gasteiger partial charge in [0.25, 0.3) is 26.0 Å². The van der Waals surface area contributed by atoms with Crippen LogP contribution in [0.5, 0.6) is 0 Å². The second-order valence-corrected chi connectivity index (χ2v) is 22.2. The van der Waals surface area contributed by atoms with Gasteiger partial charge in [0.2, 0.25) is 11.8 Å². The molecule has 0 bridgehead atoms. The molecule has 2 aromatic rings. The zero-order chi connectivity index (χ0) is 39.5. The lowest BCUT2D eigenvalue weighted by atomic mass is 9.85. The molecule has 3 aliphatic rings. The van der Waals surface area contributed by atoms with Crippen molar-refractivity contribution in [3.05, 3.63) is 47.8 Å². The largest absolute Gasteiger partial charge is 0.340 e. The Morgan fingerprint density at radius 1 is 0.925 bits per heavy atom. The van der Waals surface area contributed by atoms with Gasteiger partial charge in [-0.25, -0.2) is 26.4 Å². The molecule has 5 rings (SSSR count). The first kappa shape index (κ1) is 40.6. The molecule has 53 heavy (non-hydrogen) atoms. The lowest BCUT2D eigenvalue weighted by Crippen LogP contribution is -2.63. The predicted molar refractivity (Wildman–Crippen MR) is 200 cm³/mol. The molecule has 0 radical (unpaired) electrons. The molecule has 5 atom stereocenters. The zero-order valence-electron chi connectivity index (χ0n) is 31.7. The molecule has 292 valence electrons. The van der Waals surface area contributed by atoms with Crippen LogP contribution < -0.4 is 20.7 Å². The maximum atomic E-state index is 14.5. The average molecular weight is 793 g/mol. The first-order valence-corrected chi connectivity index (χ1v) is 21.4. The highest BCUT2D eigenvalue weighted by Crippen LogP contribution is 2.65. The van der Waals surface area contributed by atoms with E-state index in [1.54, 1.807) is 38.3 Å². The van der Waals surface area contributed by atoms with E-state index >= 15 is 0 Å². The number of benzene rings is 1. The van der Waals surface area contributed by atoms with Crippen LogP contribution in [0.25, 0.3) is 0 Å². The summed E-state index contributed by atoms with van der Waals surface area (Å²) in [6.07, 6.45) is 0.469. The van der Waals surface area contributed by atoms with Gasteiger partial charge in [-0.15, -0.1) is 11.3 Å². The van der Waals surface area contributed by atoms with Gasteiger partial charge in [0.05, 0.1) is 4.90 Å². The van der Waals surface area contributed by atoms with E-state index in [9.17, 15) is 36.0 Å². The molecule has 2 unspecified atom stereocenters. The normalized spacial score (nSPS) is 23.0. The number of hydrogen-bond acceptors (Lipinski definition) is 9. The summed E-state index contributed by atoms with van der Waals surface area (Å²) in [6, 6.07) is 7.29. The van der Waals surface area contributed by atoms with Gasteiger partial charge in [0, 0.05) is 26.2 Å². The van der Waals surface area contributed by atoms with Crippen molar-refractivity contribution in [2.45, 2.75) is 101 Å². The van der Waals surface area contributed by atoms with Gasteiger partial charge in [-0.05, 0) is 64.5 Å². The Labute approximate surface area is 316 Å². The van der Waals surface area contributed by atoms with Gasteiger partial charge < -0.3 is 20.9 Å². The average Bonchev–Trinajstić information content (AvgIpc) is 3.68. The number of thiophene rings is 1. The van der Waals surface area contributed by atoms with Crippen LogP contribution in [0.15, 0.2) is 56.9 Å². The van der Waals surface area contributed by atoms with Crippen LogP contribution >= 0.6 is 11.3 Å². The summed E-state index contributed by atoms with van der Waals surface area (Å²) in [6.45, 7) is 15.3. The van der Waals surface area contributed by atoms with Crippen molar-refractivity contribution in [3.63, 3.8) is 0 Å². The van der Waals surface area contributed by atoms with Gasteiger partial charge in [-0.3, -0.25) is 14.4 Å². The van der Waals surface area contributed by atoms with Crippen LogP contribution in [-0.2, 0) is 34.4 Å². The number of nitrogens with one attached hydrogen (secondary N) is 4. The van der Waals surface area contributed by atoms with Crippen molar-refractivity contribution < 1.29 is 36.0 Å². The van der Waals surface area contributed by atoms with Crippen molar-refractivity contribution >= 4 is 55.1 Å². The number of piperidine rings is 1. The highest BCUT2D eigenvalue weighted by molar-refractivity contribution is 7.91. The lowest BCUT2D eigenvalue weighted by molar-refractivity contribution is -0.144. The van der Waals surface area contributed by atoms with Crippen molar-refractivity contribution in [1.82, 2.24) is 29.9 Å². The SMILES string of the molecule is CN(C[C@@H](NC(=O)N[C@H](C(=O)N1CC2[C@@H](C1C(=O)NC1(C(=O)NS(=O)(=O)c3ccccc3)CC1)C2(C)C)C(C)(C)C)C(C)(C)C)S(=O)(=O)c1cccs1. The Bertz CT molecular complexity index is 1950. The second-order valence-electron chi connectivity index (χ2n) is 17.3. The number of rotatable bonds is 12.